The maximum absolute atomic E-state index is 13.2. The maximum Gasteiger partial charge on any atom is 0.234 e. The van der Waals surface area contributed by atoms with Gasteiger partial charge < -0.3 is 15.1 Å². The van der Waals surface area contributed by atoms with E-state index >= 15 is 0 Å². The number of benzene rings is 2. The van der Waals surface area contributed by atoms with E-state index < -0.39 is 5.82 Å². The van der Waals surface area contributed by atoms with Gasteiger partial charge in [0.25, 0.3) is 0 Å². The number of hydrogen-bond acceptors (Lipinski definition) is 6. The van der Waals surface area contributed by atoms with Crippen molar-refractivity contribution in [2.45, 2.75) is 5.03 Å². The van der Waals surface area contributed by atoms with Crippen molar-refractivity contribution in [3.63, 3.8) is 0 Å². The molecule has 1 amide bonds. The Labute approximate surface area is 189 Å². The lowest BCUT2D eigenvalue weighted by Gasteiger charge is -2.37. The summed E-state index contributed by atoms with van der Waals surface area (Å²) in [6.45, 7) is 3.40. The molecule has 0 aliphatic carbocycles. The first kappa shape index (κ1) is 21.4. The standard InChI is InChI=1S/C22H21ClFN5OS/c23-18-14-16(24)6-7-19(18)27-20(30)15-31-22-21(25-8-9-26-22)29-12-10-28(11-13-29)17-4-2-1-3-5-17/h1-9,14H,10-13,15H2,(H,27,30). The third-order valence-electron chi connectivity index (χ3n) is 4.89. The average Bonchev–Trinajstić information content (AvgIpc) is 2.80. The molecule has 9 heteroatoms. The van der Waals surface area contributed by atoms with E-state index in [4.69, 9.17) is 11.6 Å². The van der Waals surface area contributed by atoms with Gasteiger partial charge >= 0.3 is 0 Å². The van der Waals surface area contributed by atoms with E-state index in [1.165, 1.54) is 35.6 Å². The highest BCUT2D eigenvalue weighted by Gasteiger charge is 2.21. The Bertz CT molecular complexity index is 1050. The van der Waals surface area contributed by atoms with Crippen molar-refractivity contribution in [1.29, 1.82) is 0 Å². The average molecular weight is 458 g/mol. The van der Waals surface area contributed by atoms with Crippen LogP contribution in [0.5, 0.6) is 0 Å². The molecule has 0 atom stereocenters. The minimum atomic E-state index is -0.450. The van der Waals surface area contributed by atoms with Crippen molar-refractivity contribution in [1.82, 2.24) is 9.97 Å². The van der Waals surface area contributed by atoms with E-state index in [0.29, 0.717) is 10.7 Å². The summed E-state index contributed by atoms with van der Waals surface area (Å²) in [6, 6.07) is 14.2. The van der Waals surface area contributed by atoms with Crippen LogP contribution in [0.4, 0.5) is 21.6 Å². The predicted molar refractivity (Wildman–Crippen MR) is 124 cm³/mol. The number of carbonyl (C=O) groups excluding carboxylic acids is 1. The molecule has 3 aromatic rings. The molecule has 1 N–H and O–H groups in total. The SMILES string of the molecule is O=C(CSc1nccnc1N1CCN(c2ccccc2)CC1)Nc1ccc(F)cc1Cl. The second-order valence-corrected chi connectivity index (χ2v) is 8.33. The van der Waals surface area contributed by atoms with Gasteiger partial charge in [0, 0.05) is 44.3 Å². The Morgan fingerprint density at radius 1 is 1.03 bits per heavy atom. The summed E-state index contributed by atoms with van der Waals surface area (Å²) in [6.07, 6.45) is 3.29. The summed E-state index contributed by atoms with van der Waals surface area (Å²) in [5.74, 6) is 0.231. The third-order valence-corrected chi connectivity index (χ3v) is 6.17. The normalized spacial score (nSPS) is 13.9. The second-order valence-electron chi connectivity index (χ2n) is 6.96. The zero-order valence-electron chi connectivity index (χ0n) is 16.7. The second kappa shape index (κ2) is 9.98. The van der Waals surface area contributed by atoms with Gasteiger partial charge in [-0.2, -0.15) is 0 Å². The van der Waals surface area contributed by atoms with Crippen molar-refractivity contribution in [2.75, 3.05) is 47.0 Å². The fraction of sp³-hybridized carbons (Fsp3) is 0.227. The van der Waals surface area contributed by atoms with Crippen LogP contribution in [0, 0.1) is 5.82 Å². The molecule has 0 spiro atoms. The van der Waals surface area contributed by atoms with Gasteiger partial charge in [0.05, 0.1) is 16.5 Å². The summed E-state index contributed by atoms with van der Waals surface area (Å²) < 4.78 is 13.2. The number of anilines is 3. The summed E-state index contributed by atoms with van der Waals surface area (Å²) >= 11 is 7.30. The van der Waals surface area contributed by atoms with E-state index in [0.717, 1.165) is 32.0 Å². The van der Waals surface area contributed by atoms with Crippen LogP contribution in [0.3, 0.4) is 0 Å². The smallest absolute Gasteiger partial charge is 0.234 e. The molecule has 4 rings (SSSR count). The first-order valence-electron chi connectivity index (χ1n) is 9.84. The number of nitrogens with one attached hydrogen (secondary N) is 1. The zero-order chi connectivity index (χ0) is 21.6. The van der Waals surface area contributed by atoms with Crippen LogP contribution in [0.1, 0.15) is 0 Å². The van der Waals surface area contributed by atoms with E-state index in [9.17, 15) is 9.18 Å². The molecule has 160 valence electrons. The van der Waals surface area contributed by atoms with Gasteiger partial charge in [0.2, 0.25) is 5.91 Å². The third kappa shape index (κ3) is 5.45. The molecule has 6 nitrogen and oxygen atoms in total. The van der Waals surface area contributed by atoms with Crippen LogP contribution in [0.2, 0.25) is 5.02 Å². The minimum absolute atomic E-state index is 0.142. The van der Waals surface area contributed by atoms with Crippen molar-refractivity contribution in [3.8, 4) is 0 Å². The molecule has 0 unspecified atom stereocenters. The monoisotopic (exact) mass is 457 g/mol. The Kier molecular flexibility index (Phi) is 6.89. The molecule has 0 radical (unpaired) electrons. The van der Waals surface area contributed by atoms with Gasteiger partial charge in [-0.25, -0.2) is 14.4 Å². The van der Waals surface area contributed by atoms with Crippen LogP contribution < -0.4 is 15.1 Å². The molecular formula is C22H21ClFN5OS. The summed E-state index contributed by atoms with van der Waals surface area (Å²) in [4.78, 5) is 25.8. The maximum atomic E-state index is 13.2. The van der Waals surface area contributed by atoms with Gasteiger partial charge in [-0.05, 0) is 30.3 Å². The molecule has 1 saturated heterocycles. The minimum Gasteiger partial charge on any atom is -0.368 e. The molecule has 2 heterocycles. The summed E-state index contributed by atoms with van der Waals surface area (Å²) in [5.41, 5.74) is 1.59. The summed E-state index contributed by atoms with van der Waals surface area (Å²) in [7, 11) is 0. The van der Waals surface area contributed by atoms with Crippen molar-refractivity contribution >= 4 is 46.5 Å². The van der Waals surface area contributed by atoms with Gasteiger partial charge in [-0.1, -0.05) is 41.6 Å². The number of piperazine rings is 1. The molecule has 31 heavy (non-hydrogen) atoms. The van der Waals surface area contributed by atoms with Gasteiger partial charge in [0.1, 0.15) is 10.8 Å². The molecule has 0 bridgehead atoms. The fourth-order valence-corrected chi connectivity index (χ4v) is 4.36. The molecule has 1 aliphatic heterocycles. The van der Waals surface area contributed by atoms with Crippen LogP contribution in [0.15, 0.2) is 66.0 Å². The van der Waals surface area contributed by atoms with Crippen LogP contribution >= 0.6 is 23.4 Å². The zero-order valence-corrected chi connectivity index (χ0v) is 18.2. The molecular weight excluding hydrogens is 437 g/mol. The Morgan fingerprint density at radius 2 is 1.74 bits per heavy atom. The highest BCUT2D eigenvalue weighted by atomic mass is 35.5. The van der Waals surface area contributed by atoms with Crippen LogP contribution in [-0.4, -0.2) is 47.8 Å². The van der Waals surface area contributed by atoms with Crippen molar-refractivity contribution in [2.24, 2.45) is 0 Å². The number of carbonyl (C=O) groups is 1. The number of hydrogen-bond donors (Lipinski definition) is 1. The number of rotatable bonds is 6. The Hall–Kier alpha value is -2.84. The highest BCUT2D eigenvalue weighted by molar-refractivity contribution is 8.00. The summed E-state index contributed by atoms with van der Waals surface area (Å²) in [5, 5.41) is 3.57. The van der Waals surface area contributed by atoms with Crippen LogP contribution in [0.25, 0.3) is 0 Å². The highest BCUT2D eigenvalue weighted by Crippen LogP contribution is 2.28. The lowest BCUT2D eigenvalue weighted by Crippen LogP contribution is -2.47. The number of para-hydroxylation sites is 1. The number of aromatic nitrogens is 2. The van der Waals surface area contributed by atoms with E-state index in [-0.39, 0.29) is 16.7 Å². The lowest BCUT2D eigenvalue weighted by molar-refractivity contribution is -0.113. The molecule has 2 aromatic carbocycles. The quantitative estimate of drug-likeness (QED) is 0.556. The largest absolute Gasteiger partial charge is 0.368 e. The predicted octanol–water partition coefficient (Wildman–Crippen LogP) is 4.33. The number of amides is 1. The first-order valence-corrected chi connectivity index (χ1v) is 11.2. The number of nitrogens with zero attached hydrogens (tertiary/aromatic N) is 4. The topological polar surface area (TPSA) is 61.4 Å². The molecule has 1 aliphatic rings. The van der Waals surface area contributed by atoms with Crippen molar-refractivity contribution in [3.05, 3.63) is 71.8 Å². The van der Waals surface area contributed by atoms with Gasteiger partial charge in [-0.15, -0.1) is 0 Å². The Morgan fingerprint density at radius 3 is 2.48 bits per heavy atom. The molecule has 1 aromatic heterocycles. The van der Waals surface area contributed by atoms with E-state index in [2.05, 4.69) is 37.2 Å². The van der Waals surface area contributed by atoms with Gasteiger partial charge in [-0.3, -0.25) is 4.79 Å². The Balaban J connectivity index is 1.36. The lowest BCUT2D eigenvalue weighted by atomic mass is 10.2. The van der Waals surface area contributed by atoms with Gasteiger partial charge in [0.15, 0.2) is 5.82 Å². The van der Waals surface area contributed by atoms with E-state index in [1.54, 1.807) is 12.4 Å². The first-order chi connectivity index (χ1) is 15.1. The van der Waals surface area contributed by atoms with E-state index in [1.807, 2.05) is 18.2 Å². The van der Waals surface area contributed by atoms with Crippen LogP contribution in [-0.2, 0) is 4.79 Å². The van der Waals surface area contributed by atoms with Crippen molar-refractivity contribution < 1.29 is 9.18 Å². The molecule has 1 fully saturated rings. The molecule has 0 saturated carbocycles. The fourth-order valence-electron chi connectivity index (χ4n) is 3.36. The number of halogens is 2. The number of thioether (sulfide) groups is 1.